The number of nitrogens with zero attached hydrogens (tertiary/aromatic N) is 1. The molecule has 2 nitrogen and oxygen atoms in total. The zero-order chi connectivity index (χ0) is 9.54. The SMILES string of the molecule is NC1CCCC2Cc3ccccc3N12. The van der Waals surface area contributed by atoms with E-state index in [1.54, 1.807) is 0 Å². The number of nitrogens with two attached hydrogens (primary N) is 1. The molecule has 2 heteroatoms. The third kappa shape index (κ3) is 1.07. The Morgan fingerprint density at radius 2 is 2.07 bits per heavy atom. The fourth-order valence-corrected chi connectivity index (χ4v) is 2.88. The van der Waals surface area contributed by atoms with Gasteiger partial charge in [-0.15, -0.1) is 0 Å². The van der Waals surface area contributed by atoms with E-state index < -0.39 is 0 Å². The van der Waals surface area contributed by atoms with Crippen LogP contribution in [0.4, 0.5) is 5.69 Å². The van der Waals surface area contributed by atoms with Gasteiger partial charge in [-0.2, -0.15) is 0 Å². The number of rotatable bonds is 0. The third-order valence-corrected chi connectivity index (χ3v) is 3.51. The standard InChI is InChI=1S/C12H16N2/c13-12-7-3-5-10-8-9-4-1-2-6-11(9)14(10)12/h1-2,4,6,10,12H,3,5,7-8,13H2. The highest BCUT2D eigenvalue weighted by Gasteiger charge is 2.34. The molecular formula is C12H16N2. The average Bonchev–Trinajstić information content (AvgIpc) is 2.57. The van der Waals surface area contributed by atoms with Crippen LogP contribution in [0.15, 0.2) is 24.3 Å². The summed E-state index contributed by atoms with van der Waals surface area (Å²) < 4.78 is 0. The molecule has 2 atom stereocenters. The molecular weight excluding hydrogens is 172 g/mol. The molecule has 0 aliphatic carbocycles. The van der Waals surface area contributed by atoms with Crippen molar-refractivity contribution in [1.29, 1.82) is 0 Å². The first-order chi connectivity index (χ1) is 6.86. The Bertz CT molecular complexity index is 348. The highest BCUT2D eigenvalue weighted by molar-refractivity contribution is 5.60. The maximum atomic E-state index is 6.16. The Morgan fingerprint density at radius 1 is 1.21 bits per heavy atom. The van der Waals surface area contributed by atoms with E-state index in [4.69, 9.17) is 5.73 Å². The monoisotopic (exact) mass is 188 g/mol. The van der Waals surface area contributed by atoms with Crippen LogP contribution in [-0.2, 0) is 6.42 Å². The van der Waals surface area contributed by atoms with Crippen LogP contribution in [0.25, 0.3) is 0 Å². The molecule has 0 aromatic heterocycles. The molecule has 3 rings (SSSR count). The first-order valence-corrected chi connectivity index (χ1v) is 5.48. The van der Waals surface area contributed by atoms with E-state index in [0.29, 0.717) is 6.04 Å². The van der Waals surface area contributed by atoms with Crippen molar-refractivity contribution in [3.8, 4) is 0 Å². The molecule has 2 aliphatic heterocycles. The molecule has 0 amide bonds. The van der Waals surface area contributed by atoms with E-state index in [2.05, 4.69) is 29.2 Å². The minimum absolute atomic E-state index is 0.248. The van der Waals surface area contributed by atoms with Crippen molar-refractivity contribution in [2.24, 2.45) is 5.73 Å². The van der Waals surface area contributed by atoms with Crippen molar-refractivity contribution in [1.82, 2.24) is 0 Å². The van der Waals surface area contributed by atoms with Gasteiger partial charge in [0, 0.05) is 11.7 Å². The fraction of sp³-hybridized carbons (Fsp3) is 0.500. The number of hydrogen-bond donors (Lipinski definition) is 1. The van der Waals surface area contributed by atoms with Gasteiger partial charge >= 0.3 is 0 Å². The van der Waals surface area contributed by atoms with E-state index in [1.165, 1.54) is 30.5 Å². The van der Waals surface area contributed by atoms with E-state index >= 15 is 0 Å². The second-order valence-electron chi connectivity index (χ2n) is 4.39. The number of para-hydroxylation sites is 1. The van der Waals surface area contributed by atoms with Crippen molar-refractivity contribution in [3.05, 3.63) is 29.8 Å². The maximum Gasteiger partial charge on any atom is 0.0774 e. The molecule has 1 fully saturated rings. The second kappa shape index (κ2) is 2.99. The molecule has 0 saturated carbocycles. The average molecular weight is 188 g/mol. The molecule has 2 N–H and O–H groups in total. The lowest BCUT2D eigenvalue weighted by Crippen LogP contribution is -2.49. The molecule has 2 unspecified atom stereocenters. The summed E-state index contributed by atoms with van der Waals surface area (Å²) in [5, 5.41) is 0. The van der Waals surface area contributed by atoms with Crippen molar-refractivity contribution in [2.75, 3.05) is 4.90 Å². The highest BCUT2D eigenvalue weighted by Crippen LogP contribution is 2.37. The normalized spacial score (nSPS) is 29.9. The minimum atomic E-state index is 0.248. The van der Waals surface area contributed by atoms with Gasteiger partial charge in [-0.05, 0) is 37.3 Å². The lowest BCUT2D eigenvalue weighted by Gasteiger charge is -2.37. The largest absolute Gasteiger partial charge is 0.353 e. The van der Waals surface area contributed by atoms with Crippen LogP contribution in [0.3, 0.4) is 0 Å². The molecule has 1 saturated heterocycles. The van der Waals surface area contributed by atoms with Crippen LogP contribution >= 0.6 is 0 Å². The van der Waals surface area contributed by atoms with E-state index in [0.717, 1.165) is 6.42 Å². The number of piperidine rings is 1. The van der Waals surface area contributed by atoms with Gasteiger partial charge in [-0.3, -0.25) is 0 Å². The maximum absolute atomic E-state index is 6.16. The van der Waals surface area contributed by atoms with Crippen LogP contribution in [0, 0.1) is 0 Å². The Hall–Kier alpha value is -1.02. The molecule has 2 aliphatic rings. The number of anilines is 1. The Labute approximate surface area is 84.7 Å². The summed E-state index contributed by atoms with van der Waals surface area (Å²) in [6.07, 6.45) is 5.19. The summed E-state index contributed by atoms with van der Waals surface area (Å²) in [5.74, 6) is 0. The molecule has 2 heterocycles. The smallest absolute Gasteiger partial charge is 0.0774 e. The Balaban J connectivity index is 2.03. The number of fused-ring (bicyclic) bond motifs is 3. The number of hydrogen-bond acceptors (Lipinski definition) is 2. The fourth-order valence-electron chi connectivity index (χ4n) is 2.88. The second-order valence-corrected chi connectivity index (χ2v) is 4.39. The first-order valence-electron chi connectivity index (χ1n) is 5.48. The summed E-state index contributed by atoms with van der Waals surface area (Å²) in [4.78, 5) is 2.43. The topological polar surface area (TPSA) is 29.3 Å². The molecule has 0 radical (unpaired) electrons. The Morgan fingerprint density at radius 3 is 3.00 bits per heavy atom. The van der Waals surface area contributed by atoms with E-state index in [9.17, 15) is 0 Å². The molecule has 0 spiro atoms. The van der Waals surface area contributed by atoms with Crippen molar-refractivity contribution in [2.45, 2.75) is 37.9 Å². The molecule has 74 valence electrons. The molecule has 1 aromatic carbocycles. The van der Waals surface area contributed by atoms with Gasteiger partial charge in [0.1, 0.15) is 0 Å². The van der Waals surface area contributed by atoms with Gasteiger partial charge in [-0.25, -0.2) is 0 Å². The van der Waals surface area contributed by atoms with Crippen LogP contribution < -0.4 is 10.6 Å². The summed E-state index contributed by atoms with van der Waals surface area (Å²) in [6.45, 7) is 0. The van der Waals surface area contributed by atoms with E-state index in [-0.39, 0.29) is 6.17 Å². The van der Waals surface area contributed by atoms with Gasteiger partial charge in [0.05, 0.1) is 6.17 Å². The predicted octanol–water partition coefficient (Wildman–Crippen LogP) is 1.89. The summed E-state index contributed by atoms with van der Waals surface area (Å²) in [7, 11) is 0. The molecule has 14 heavy (non-hydrogen) atoms. The van der Waals surface area contributed by atoms with Gasteiger partial charge in [0.2, 0.25) is 0 Å². The van der Waals surface area contributed by atoms with Crippen molar-refractivity contribution >= 4 is 5.69 Å². The molecule has 0 bridgehead atoms. The number of benzene rings is 1. The highest BCUT2D eigenvalue weighted by atomic mass is 15.3. The third-order valence-electron chi connectivity index (χ3n) is 3.51. The summed E-state index contributed by atoms with van der Waals surface area (Å²) >= 11 is 0. The quantitative estimate of drug-likeness (QED) is 0.673. The van der Waals surface area contributed by atoms with Crippen LogP contribution in [0.5, 0.6) is 0 Å². The van der Waals surface area contributed by atoms with E-state index in [1.807, 2.05) is 0 Å². The van der Waals surface area contributed by atoms with Crippen molar-refractivity contribution in [3.63, 3.8) is 0 Å². The minimum Gasteiger partial charge on any atom is -0.353 e. The predicted molar refractivity (Wildman–Crippen MR) is 58.2 cm³/mol. The van der Waals surface area contributed by atoms with Crippen molar-refractivity contribution < 1.29 is 0 Å². The van der Waals surface area contributed by atoms with Gasteiger partial charge in [-0.1, -0.05) is 18.2 Å². The molecule has 1 aromatic rings. The lowest BCUT2D eigenvalue weighted by atomic mass is 10.00. The Kier molecular flexibility index (Phi) is 1.77. The summed E-state index contributed by atoms with van der Waals surface area (Å²) in [6, 6.07) is 9.36. The zero-order valence-corrected chi connectivity index (χ0v) is 8.32. The first kappa shape index (κ1) is 8.30. The lowest BCUT2D eigenvalue weighted by molar-refractivity contribution is 0.401. The van der Waals surface area contributed by atoms with Crippen LogP contribution in [-0.4, -0.2) is 12.2 Å². The van der Waals surface area contributed by atoms with Gasteiger partial charge < -0.3 is 10.6 Å². The van der Waals surface area contributed by atoms with Gasteiger partial charge in [0.25, 0.3) is 0 Å². The summed E-state index contributed by atoms with van der Waals surface area (Å²) in [5.41, 5.74) is 9.02. The van der Waals surface area contributed by atoms with Gasteiger partial charge in [0.15, 0.2) is 0 Å². The zero-order valence-electron chi connectivity index (χ0n) is 8.32. The van der Waals surface area contributed by atoms with Crippen LogP contribution in [0.2, 0.25) is 0 Å². The van der Waals surface area contributed by atoms with Crippen LogP contribution in [0.1, 0.15) is 24.8 Å².